The van der Waals surface area contributed by atoms with E-state index in [1.165, 1.54) is 18.2 Å². The van der Waals surface area contributed by atoms with Crippen LogP contribution < -0.4 is 4.74 Å². The van der Waals surface area contributed by atoms with Crippen LogP contribution >= 0.6 is 0 Å². The number of carbonyl (C=O) groups is 1. The molecule has 6 nitrogen and oxygen atoms in total. The molecule has 130 valence electrons. The van der Waals surface area contributed by atoms with Gasteiger partial charge >= 0.3 is 5.97 Å². The number of hydrogen-bond donors (Lipinski definition) is 0. The second-order valence-corrected chi connectivity index (χ2v) is 5.37. The minimum Gasteiger partial charge on any atom is -0.457 e. The van der Waals surface area contributed by atoms with Crippen molar-refractivity contribution in [3.05, 3.63) is 100 Å². The van der Waals surface area contributed by atoms with Crippen LogP contribution in [0.1, 0.15) is 15.9 Å². The highest BCUT2D eigenvalue weighted by Crippen LogP contribution is 2.26. The second kappa shape index (κ2) is 7.94. The van der Waals surface area contributed by atoms with E-state index < -0.39 is 10.9 Å². The van der Waals surface area contributed by atoms with Gasteiger partial charge in [-0.15, -0.1) is 0 Å². The van der Waals surface area contributed by atoms with Crippen molar-refractivity contribution in [1.29, 1.82) is 0 Å². The Morgan fingerprint density at radius 2 is 1.54 bits per heavy atom. The lowest BCUT2D eigenvalue weighted by molar-refractivity contribution is -0.385. The van der Waals surface area contributed by atoms with Crippen molar-refractivity contribution in [2.75, 3.05) is 0 Å². The van der Waals surface area contributed by atoms with E-state index in [1.54, 1.807) is 24.3 Å². The van der Waals surface area contributed by atoms with Crippen molar-refractivity contribution < 1.29 is 19.2 Å². The average molecular weight is 349 g/mol. The fourth-order valence-corrected chi connectivity index (χ4v) is 2.36. The first kappa shape index (κ1) is 17.2. The van der Waals surface area contributed by atoms with Gasteiger partial charge in [0.1, 0.15) is 23.7 Å². The lowest BCUT2D eigenvalue weighted by Gasteiger charge is -2.11. The maximum absolute atomic E-state index is 12.2. The molecule has 0 spiro atoms. The Balaban J connectivity index is 1.74. The first-order valence-corrected chi connectivity index (χ1v) is 7.86. The van der Waals surface area contributed by atoms with E-state index in [-0.39, 0.29) is 17.9 Å². The first-order chi connectivity index (χ1) is 12.6. The van der Waals surface area contributed by atoms with Gasteiger partial charge in [0.05, 0.1) is 4.92 Å². The molecule has 3 aromatic carbocycles. The minimum absolute atomic E-state index is 0.0616. The fourth-order valence-electron chi connectivity index (χ4n) is 2.36. The molecule has 3 rings (SSSR count). The molecule has 0 fully saturated rings. The number of nitro groups is 1. The Morgan fingerprint density at radius 3 is 2.31 bits per heavy atom. The van der Waals surface area contributed by atoms with E-state index in [4.69, 9.17) is 9.47 Å². The van der Waals surface area contributed by atoms with Crippen molar-refractivity contribution >= 4 is 11.7 Å². The lowest BCUT2D eigenvalue weighted by atomic mass is 10.2. The smallest absolute Gasteiger partial charge is 0.345 e. The normalized spacial score (nSPS) is 10.2. The fraction of sp³-hybridized carbons (Fsp3) is 0.0500. The van der Waals surface area contributed by atoms with E-state index in [1.807, 2.05) is 36.4 Å². The average Bonchev–Trinajstić information content (AvgIpc) is 2.68. The van der Waals surface area contributed by atoms with Gasteiger partial charge in [0.25, 0.3) is 5.69 Å². The molecular weight excluding hydrogens is 334 g/mol. The van der Waals surface area contributed by atoms with Gasteiger partial charge in [-0.2, -0.15) is 0 Å². The third-order valence-electron chi connectivity index (χ3n) is 3.62. The van der Waals surface area contributed by atoms with Crippen LogP contribution in [0.2, 0.25) is 0 Å². The number of para-hydroxylation sites is 3. The van der Waals surface area contributed by atoms with Crippen molar-refractivity contribution in [3.8, 4) is 11.5 Å². The molecule has 0 aliphatic rings. The summed E-state index contributed by atoms with van der Waals surface area (Å²) in [5.74, 6) is 0.450. The Kier molecular flexibility index (Phi) is 5.24. The van der Waals surface area contributed by atoms with Crippen LogP contribution in [0.5, 0.6) is 11.5 Å². The highest BCUT2D eigenvalue weighted by atomic mass is 16.6. The molecule has 0 amide bonds. The van der Waals surface area contributed by atoms with Crippen molar-refractivity contribution in [2.45, 2.75) is 6.61 Å². The van der Waals surface area contributed by atoms with Crippen molar-refractivity contribution in [2.24, 2.45) is 0 Å². The Morgan fingerprint density at radius 1 is 0.885 bits per heavy atom. The van der Waals surface area contributed by atoms with Crippen LogP contribution in [0.3, 0.4) is 0 Å². The molecule has 0 aliphatic carbocycles. The minimum atomic E-state index is -0.758. The summed E-state index contributed by atoms with van der Waals surface area (Å²) >= 11 is 0. The van der Waals surface area contributed by atoms with Crippen molar-refractivity contribution in [3.63, 3.8) is 0 Å². The lowest BCUT2D eigenvalue weighted by Crippen LogP contribution is -2.08. The molecule has 0 N–H and O–H groups in total. The number of esters is 1. The molecule has 0 heterocycles. The van der Waals surface area contributed by atoms with Gasteiger partial charge in [0.2, 0.25) is 0 Å². The largest absolute Gasteiger partial charge is 0.457 e. The molecule has 0 atom stereocenters. The molecular formula is C20H15NO5. The number of benzene rings is 3. The summed E-state index contributed by atoms with van der Waals surface area (Å²) in [6.45, 7) is -0.0616. The Labute approximate surface area is 149 Å². The topological polar surface area (TPSA) is 78.7 Å². The molecule has 0 aliphatic heterocycles. The van der Waals surface area contributed by atoms with Gasteiger partial charge in [-0.05, 0) is 24.3 Å². The highest BCUT2D eigenvalue weighted by Gasteiger charge is 2.20. The molecule has 0 aromatic heterocycles. The number of rotatable bonds is 6. The summed E-state index contributed by atoms with van der Waals surface area (Å²) in [7, 11) is 0. The van der Waals surface area contributed by atoms with Crippen molar-refractivity contribution in [1.82, 2.24) is 0 Å². The quantitative estimate of drug-likeness (QED) is 0.365. The third-order valence-corrected chi connectivity index (χ3v) is 3.62. The summed E-state index contributed by atoms with van der Waals surface area (Å²) in [6, 6.07) is 22.0. The maximum Gasteiger partial charge on any atom is 0.345 e. The predicted molar refractivity (Wildman–Crippen MR) is 95.2 cm³/mol. The molecule has 6 heteroatoms. The van der Waals surface area contributed by atoms with Gasteiger partial charge in [-0.25, -0.2) is 4.79 Å². The molecule has 0 saturated heterocycles. The van der Waals surface area contributed by atoms with Crippen LogP contribution in [0.4, 0.5) is 5.69 Å². The van der Waals surface area contributed by atoms with E-state index in [2.05, 4.69) is 0 Å². The number of nitrogens with zero attached hydrogens (tertiary/aromatic N) is 1. The zero-order valence-corrected chi connectivity index (χ0v) is 13.7. The molecule has 0 radical (unpaired) electrons. The van der Waals surface area contributed by atoms with E-state index >= 15 is 0 Å². The molecule has 3 aromatic rings. The van der Waals surface area contributed by atoms with E-state index in [0.717, 1.165) is 0 Å². The van der Waals surface area contributed by atoms with Gasteiger partial charge in [-0.1, -0.05) is 48.5 Å². The standard InChI is InChI=1S/C20H15NO5/c22-20(17-11-5-6-12-18(17)21(23)24)25-14-15-8-4-7-13-19(15)26-16-9-2-1-3-10-16/h1-13H,14H2. The van der Waals surface area contributed by atoms with Gasteiger partial charge in [0, 0.05) is 11.6 Å². The summed E-state index contributed by atoms with van der Waals surface area (Å²) in [4.78, 5) is 22.7. The Bertz CT molecular complexity index is 924. The number of ether oxygens (including phenoxy) is 2. The van der Waals surface area contributed by atoms with Gasteiger partial charge < -0.3 is 9.47 Å². The monoisotopic (exact) mass is 349 g/mol. The summed E-state index contributed by atoms with van der Waals surface area (Å²) in [6.07, 6.45) is 0. The summed E-state index contributed by atoms with van der Waals surface area (Å²) in [5, 5.41) is 11.0. The van der Waals surface area contributed by atoms with Crippen LogP contribution in [0.25, 0.3) is 0 Å². The third kappa shape index (κ3) is 4.05. The number of nitro benzene ring substituents is 1. The van der Waals surface area contributed by atoms with E-state index in [9.17, 15) is 14.9 Å². The van der Waals surface area contributed by atoms with Crippen LogP contribution in [-0.2, 0) is 11.3 Å². The zero-order chi connectivity index (χ0) is 18.4. The van der Waals surface area contributed by atoms with Crippen LogP contribution in [0, 0.1) is 10.1 Å². The maximum atomic E-state index is 12.2. The first-order valence-electron chi connectivity index (χ1n) is 7.86. The Hall–Kier alpha value is -3.67. The number of hydrogen-bond acceptors (Lipinski definition) is 5. The SMILES string of the molecule is O=C(OCc1ccccc1Oc1ccccc1)c1ccccc1[N+](=O)[O-]. The molecule has 0 bridgehead atoms. The summed E-state index contributed by atoms with van der Waals surface area (Å²) in [5.41, 5.74) is 0.286. The van der Waals surface area contributed by atoms with E-state index in [0.29, 0.717) is 17.1 Å². The molecule has 0 unspecified atom stereocenters. The highest BCUT2D eigenvalue weighted by molar-refractivity contribution is 5.93. The summed E-state index contributed by atoms with van der Waals surface area (Å²) < 4.78 is 11.1. The van der Waals surface area contributed by atoms with Crippen LogP contribution in [-0.4, -0.2) is 10.9 Å². The second-order valence-electron chi connectivity index (χ2n) is 5.37. The zero-order valence-electron chi connectivity index (χ0n) is 13.7. The van der Waals surface area contributed by atoms with Gasteiger partial charge in [0.15, 0.2) is 0 Å². The molecule has 26 heavy (non-hydrogen) atoms. The van der Waals surface area contributed by atoms with Gasteiger partial charge in [-0.3, -0.25) is 10.1 Å². The number of carbonyl (C=O) groups excluding carboxylic acids is 1. The molecule has 0 saturated carbocycles. The van der Waals surface area contributed by atoms with Crippen LogP contribution in [0.15, 0.2) is 78.9 Å². The predicted octanol–water partition coefficient (Wildman–Crippen LogP) is 4.74.